The Morgan fingerprint density at radius 2 is 1.67 bits per heavy atom. The maximum absolute atomic E-state index is 14.2. The summed E-state index contributed by atoms with van der Waals surface area (Å²) in [5.41, 5.74) is 5.04. The van der Waals surface area contributed by atoms with Crippen LogP contribution in [0.5, 0.6) is 11.5 Å². The number of nitrogens with zero attached hydrogens (tertiary/aromatic N) is 3. The fourth-order valence-electron chi connectivity index (χ4n) is 5.90. The fraction of sp³-hybridized carbons (Fsp3) is 0.412. The minimum absolute atomic E-state index is 0.121. The third-order valence-electron chi connectivity index (χ3n) is 8.67. The number of carbonyl (C=O) groups excluding carboxylic acids is 3. The minimum atomic E-state index is -1.62. The van der Waals surface area contributed by atoms with Gasteiger partial charge in [0, 0.05) is 44.1 Å². The van der Waals surface area contributed by atoms with Crippen molar-refractivity contribution < 1.29 is 48.4 Å². The number of carbonyl (C=O) groups is 5. The molecular formula is C34H38N4O10. The molecular weight excluding hydrogens is 624 g/mol. The lowest BCUT2D eigenvalue weighted by atomic mass is 9.80. The van der Waals surface area contributed by atoms with Gasteiger partial charge >= 0.3 is 18.0 Å². The van der Waals surface area contributed by atoms with Crippen LogP contribution in [0.1, 0.15) is 66.6 Å². The summed E-state index contributed by atoms with van der Waals surface area (Å²) in [7, 11) is 0. The normalized spacial score (nSPS) is 16.0. The molecule has 1 aliphatic heterocycles. The van der Waals surface area contributed by atoms with Gasteiger partial charge in [-0.25, -0.2) is 9.59 Å². The van der Waals surface area contributed by atoms with Gasteiger partial charge in [0.05, 0.1) is 23.7 Å². The maximum Gasteiger partial charge on any atom is 0.409 e. The average Bonchev–Trinajstić information content (AvgIpc) is 3.05. The lowest BCUT2D eigenvalue weighted by Gasteiger charge is -2.39. The fourth-order valence-corrected chi connectivity index (χ4v) is 5.90. The van der Waals surface area contributed by atoms with Crippen molar-refractivity contribution in [3.05, 3.63) is 65.4 Å². The van der Waals surface area contributed by atoms with Crippen molar-refractivity contribution in [3.63, 3.8) is 0 Å². The van der Waals surface area contributed by atoms with E-state index < -0.39 is 47.8 Å². The number of ether oxygens (including phenoxy) is 3. The quantitative estimate of drug-likeness (QED) is 0.242. The predicted octanol–water partition coefficient (Wildman–Crippen LogP) is 3.55. The molecule has 1 unspecified atom stereocenters. The Labute approximate surface area is 276 Å². The van der Waals surface area contributed by atoms with Crippen molar-refractivity contribution in [2.75, 3.05) is 32.8 Å². The second-order valence-electron chi connectivity index (χ2n) is 11.8. The molecule has 0 radical (unpaired) electrons. The lowest BCUT2D eigenvalue weighted by molar-refractivity contribution is -0.163. The van der Waals surface area contributed by atoms with Crippen LogP contribution < -0.4 is 15.2 Å². The number of pyridine rings is 1. The highest BCUT2D eigenvalue weighted by molar-refractivity contribution is 6.05. The van der Waals surface area contributed by atoms with E-state index in [1.807, 2.05) is 30.3 Å². The number of benzene rings is 2. The molecule has 0 bridgehead atoms. The number of hydrogen-bond acceptors (Lipinski definition) is 9. The van der Waals surface area contributed by atoms with Crippen LogP contribution in [0, 0.1) is 0 Å². The van der Waals surface area contributed by atoms with Gasteiger partial charge in [-0.15, -0.1) is 0 Å². The predicted molar refractivity (Wildman–Crippen MR) is 171 cm³/mol. The van der Waals surface area contributed by atoms with E-state index in [0.29, 0.717) is 12.2 Å². The number of fused-ring (bicyclic) bond motifs is 1. The molecule has 5 rings (SSSR count). The number of hydrogen-bond donors (Lipinski definition) is 3. The summed E-state index contributed by atoms with van der Waals surface area (Å²) < 4.78 is 17.3. The Balaban J connectivity index is 1.60. The Morgan fingerprint density at radius 1 is 0.979 bits per heavy atom. The van der Waals surface area contributed by atoms with Crippen molar-refractivity contribution in [2.24, 2.45) is 5.73 Å². The monoisotopic (exact) mass is 662 g/mol. The van der Waals surface area contributed by atoms with Crippen LogP contribution in [0.2, 0.25) is 0 Å². The Kier molecular flexibility index (Phi) is 10.3. The number of piperazine rings is 1. The summed E-state index contributed by atoms with van der Waals surface area (Å²) in [6.45, 7) is 2.75. The van der Waals surface area contributed by atoms with E-state index in [1.165, 1.54) is 9.80 Å². The topological polar surface area (TPSA) is 199 Å². The van der Waals surface area contributed by atoms with E-state index in [4.69, 9.17) is 24.9 Å². The van der Waals surface area contributed by atoms with Crippen molar-refractivity contribution in [1.29, 1.82) is 0 Å². The van der Waals surface area contributed by atoms with E-state index >= 15 is 0 Å². The number of carboxylic acid groups (broad SMARTS) is 2. The Hall–Kier alpha value is -5.40. The molecule has 1 saturated heterocycles. The molecule has 14 nitrogen and oxygen atoms in total. The van der Waals surface area contributed by atoms with Crippen molar-refractivity contribution in [2.45, 2.75) is 57.2 Å². The number of primary amides is 1. The molecule has 1 aromatic heterocycles. The highest BCUT2D eigenvalue weighted by Crippen LogP contribution is 2.43. The first-order chi connectivity index (χ1) is 23.0. The zero-order valence-electron chi connectivity index (χ0n) is 26.6. The maximum atomic E-state index is 14.2. The molecule has 14 heteroatoms. The van der Waals surface area contributed by atoms with Crippen LogP contribution in [0.15, 0.2) is 48.5 Å². The van der Waals surface area contributed by atoms with Crippen LogP contribution in [0.4, 0.5) is 4.79 Å². The molecule has 4 N–H and O–H groups in total. The second kappa shape index (κ2) is 14.6. The Morgan fingerprint density at radius 3 is 2.25 bits per heavy atom. The van der Waals surface area contributed by atoms with Gasteiger partial charge in [0.2, 0.25) is 11.5 Å². The van der Waals surface area contributed by atoms with E-state index in [-0.39, 0.29) is 86.6 Å². The summed E-state index contributed by atoms with van der Waals surface area (Å²) in [5, 5.41) is 20.0. The molecule has 2 heterocycles. The summed E-state index contributed by atoms with van der Waals surface area (Å²) >= 11 is 0. The van der Waals surface area contributed by atoms with Gasteiger partial charge in [0.25, 0.3) is 5.91 Å². The third-order valence-corrected chi connectivity index (χ3v) is 8.67. The molecule has 3 amide bonds. The number of aromatic nitrogens is 1. The molecule has 254 valence electrons. The zero-order chi connectivity index (χ0) is 34.4. The highest BCUT2D eigenvalue weighted by Gasteiger charge is 2.48. The van der Waals surface area contributed by atoms with Gasteiger partial charge in [-0.3, -0.25) is 19.4 Å². The number of aliphatic carboxylic acids is 2. The SMILES string of the molecule is CCOC(=O)N1CCN(C(=O)C(CCC(=O)O)c2nc3cc(OCc4ccccc4)ccc3c(OC3(C(=O)O)CCC3)c2C(N)=O)CC1. The lowest BCUT2D eigenvalue weighted by Crippen LogP contribution is -2.52. The molecule has 2 aromatic carbocycles. The molecule has 1 aliphatic carbocycles. The van der Waals surface area contributed by atoms with Gasteiger partial charge < -0.3 is 40.0 Å². The molecule has 0 spiro atoms. The number of nitrogens with two attached hydrogens (primary N) is 1. The van der Waals surface area contributed by atoms with Gasteiger partial charge in [0.15, 0.2) is 0 Å². The van der Waals surface area contributed by atoms with Gasteiger partial charge in [-0.1, -0.05) is 30.3 Å². The van der Waals surface area contributed by atoms with Crippen LogP contribution in [-0.2, 0) is 25.7 Å². The van der Waals surface area contributed by atoms with Crippen molar-refractivity contribution in [3.8, 4) is 11.5 Å². The number of amides is 3. The summed E-state index contributed by atoms with van der Waals surface area (Å²) in [4.78, 5) is 71.4. The van der Waals surface area contributed by atoms with Gasteiger partial charge in [0.1, 0.15) is 23.7 Å². The summed E-state index contributed by atoms with van der Waals surface area (Å²) in [6, 6.07) is 14.3. The molecule has 48 heavy (non-hydrogen) atoms. The first-order valence-corrected chi connectivity index (χ1v) is 15.8. The van der Waals surface area contributed by atoms with Crippen LogP contribution >= 0.6 is 0 Å². The summed E-state index contributed by atoms with van der Waals surface area (Å²) in [6.07, 6.45) is -0.225. The van der Waals surface area contributed by atoms with Crippen LogP contribution in [-0.4, -0.2) is 93.2 Å². The molecule has 3 aromatic rings. The van der Waals surface area contributed by atoms with E-state index in [1.54, 1.807) is 25.1 Å². The van der Waals surface area contributed by atoms with Gasteiger partial charge in [-0.2, -0.15) is 0 Å². The largest absolute Gasteiger partial charge is 0.489 e. The second-order valence-corrected chi connectivity index (χ2v) is 11.8. The van der Waals surface area contributed by atoms with Crippen molar-refractivity contribution >= 4 is 40.7 Å². The standard InChI is InChI=1S/C34H38N4O10/c1-2-46-33(45)38-17-15-37(16-18-38)31(42)24(11-12-26(39)40)28-27(30(35)41)29(48-34(32(43)44)13-6-14-34)23-10-9-22(19-25(23)36-28)47-20-21-7-4-3-5-8-21/h3-5,7-10,19,24H,2,6,11-18,20H2,1H3,(H2,35,41)(H,39,40)(H,43,44). The molecule has 1 saturated carbocycles. The van der Waals surface area contributed by atoms with Crippen LogP contribution in [0.3, 0.4) is 0 Å². The van der Waals surface area contributed by atoms with E-state index in [9.17, 15) is 34.2 Å². The highest BCUT2D eigenvalue weighted by atomic mass is 16.6. The van der Waals surface area contributed by atoms with Crippen molar-refractivity contribution in [1.82, 2.24) is 14.8 Å². The third kappa shape index (κ3) is 7.27. The minimum Gasteiger partial charge on any atom is -0.489 e. The zero-order valence-corrected chi connectivity index (χ0v) is 26.6. The van der Waals surface area contributed by atoms with E-state index in [2.05, 4.69) is 0 Å². The molecule has 2 aliphatic rings. The average molecular weight is 663 g/mol. The smallest absolute Gasteiger partial charge is 0.409 e. The number of carboxylic acids is 2. The van der Waals surface area contributed by atoms with Gasteiger partial charge in [-0.05, 0) is 50.3 Å². The Bertz CT molecular complexity index is 1700. The first-order valence-electron chi connectivity index (χ1n) is 15.8. The number of rotatable bonds is 13. The first kappa shape index (κ1) is 33.9. The molecule has 1 atom stereocenters. The van der Waals surface area contributed by atoms with Crippen LogP contribution in [0.25, 0.3) is 10.9 Å². The molecule has 2 fully saturated rings. The summed E-state index contributed by atoms with van der Waals surface area (Å²) in [5.74, 6) is -4.92. The van der Waals surface area contributed by atoms with E-state index in [0.717, 1.165) is 5.56 Å².